The van der Waals surface area contributed by atoms with E-state index >= 15 is 0 Å². The van der Waals surface area contributed by atoms with Crippen molar-refractivity contribution >= 4 is 5.91 Å². The fourth-order valence-electron chi connectivity index (χ4n) is 1.06. The molecule has 1 fully saturated rings. The summed E-state index contributed by atoms with van der Waals surface area (Å²) >= 11 is 0. The van der Waals surface area contributed by atoms with E-state index in [0.29, 0.717) is 4.48 Å². The molecule has 0 spiro atoms. The Labute approximate surface area is 73.3 Å². The van der Waals surface area contributed by atoms with Crippen LogP contribution in [-0.4, -0.2) is 43.7 Å². The molecule has 0 aromatic rings. The number of quaternary nitrogens is 1. The third kappa shape index (κ3) is 2.43. The van der Waals surface area contributed by atoms with Crippen molar-refractivity contribution < 1.29 is 26.4 Å². The molecule has 0 radical (unpaired) electrons. The highest BCUT2D eigenvalue weighted by Gasteiger charge is 2.29. The van der Waals surface area contributed by atoms with Crippen LogP contribution >= 0.6 is 0 Å². The van der Waals surface area contributed by atoms with Gasteiger partial charge in [0.1, 0.15) is 13.1 Å². The Morgan fingerprint density at radius 1 is 1.36 bits per heavy atom. The Balaban J connectivity index is 0.000001000. The second-order valence-electron chi connectivity index (χ2n) is 2.97. The summed E-state index contributed by atoms with van der Waals surface area (Å²) in [5.74, 6) is 0.239. The lowest BCUT2D eigenvalue weighted by atomic mass is 10.3. The highest BCUT2D eigenvalue weighted by atomic mass is 35.5. The third-order valence-corrected chi connectivity index (χ3v) is 2.22. The molecule has 1 heterocycles. The number of rotatable bonds is 0. The maximum Gasteiger partial charge on any atom is 0.310 e. The lowest BCUT2D eigenvalue weighted by Crippen LogP contribution is -3.00. The second kappa shape index (κ2) is 4.04. The molecule has 3 nitrogen and oxygen atoms in total. The van der Waals surface area contributed by atoms with E-state index in [1.807, 2.05) is 7.05 Å². The summed E-state index contributed by atoms with van der Waals surface area (Å²) in [5, 5.41) is 0. The van der Waals surface area contributed by atoms with E-state index in [9.17, 15) is 4.79 Å². The summed E-state index contributed by atoms with van der Waals surface area (Å²) in [7, 11) is 1.96. The fraction of sp³-hybridized carbons (Fsp3) is 0.857. The quantitative estimate of drug-likeness (QED) is 0.371. The number of likely N-dealkylation sites (N-methyl/N-ethyl adjacent to an activating group) is 1. The SMILES string of the molecule is CC(=O)[N+]1(C)CCOCC1.[Cl-]. The summed E-state index contributed by atoms with van der Waals surface area (Å²) in [5.41, 5.74) is 0. The molecular weight excluding hydrogens is 166 g/mol. The van der Waals surface area contributed by atoms with Crippen LogP contribution in [0.4, 0.5) is 0 Å². The highest BCUT2D eigenvalue weighted by molar-refractivity contribution is 5.65. The molecule has 0 atom stereocenters. The predicted octanol–water partition coefficient (Wildman–Crippen LogP) is -2.99. The molecule has 0 aromatic heterocycles. The molecule has 1 rings (SSSR count). The highest BCUT2D eigenvalue weighted by Crippen LogP contribution is 2.06. The van der Waals surface area contributed by atoms with Crippen LogP contribution in [0.5, 0.6) is 0 Å². The zero-order valence-corrected chi connectivity index (χ0v) is 7.73. The molecule has 1 saturated heterocycles. The monoisotopic (exact) mass is 179 g/mol. The van der Waals surface area contributed by atoms with Gasteiger partial charge in [0.2, 0.25) is 0 Å². The molecule has 11 heavy (non-hydrogen) atoms. The van der Waals surface area contributed by atoms with Crippen LogP contribution in [0, 0.1) is 0 Å². The number of morpholine rings is 1. The molecule has 4 heteroatoms. The Morgan fingerprint density at radius 3 is 2.09 bits per heavy atom. The van der Waals surface area contributed by atoms with E-state index in [4.69, 9.17) is 4.74 Å². The molecule has 0 unspecified atom stereocenters. The van der Waals surface area contributed by atoms with Crippen molar-refractivity contribution in [2.45, 2.75) is 6.92 Å². The molecule has 0 aromatic carbocycles. The van der Waals surface area contributed by atoms with Crippen LogP contribution in [-0.2, 0) is 9.53 Å². The average molecular weight is 180 g/mol. The number of halogens is 1. The Bertz CT molecular complexity index is 143. The first kappa shape index (κ1) is 10.9. The number of carbonyl (C=O) groups excluding carboxylic acids is 1. The Hall–Kier alpha value is -0.120. The first-order chi connectivity index (χ1) is 4.65. The van der Waals surface area contributed by atoms with Gasteiger partial charge in [-0.1, -0.05) is 0 Å². The minimum atomic E-state index is 0. The van der Waals surface area contributed by atoms with Gasteiger partial charge >= 0.3 is 5.91 Å². The van der Waals surface area contributed by atoms with Gasteiger partial charge in [-0.3, -0.25) is 4.48 Å². The van der Waals surface area contributed by atoms with Gasteiger partial charge in [0.15, 0.2) is 0 Å². The number of carbonyl (C=O) groups is 1. The normalized spacial score (nSPS) is 22.0. The van der Waals surface area contributed by atoms with Crippen molar-refractivity contribution in [2.75, 3.05) is 33.4 Å². The molecular formula is C7H14ClNO2. The maximum atomic E-state index is 11.0. The Morgan fingerprint density at radius 2 is 1.82 bits per heavy atom. The summed E-state index contributed by atoms with van der Waals surface area (Å²) in [4.78, 5) is 11.0. The lowest BCUT2D eigenvalue weighted by molar-refractivity contribution is -0.842. The predicted molar refractivity (Wildman–Crippen MR) is 37.4 cm³/mol. The van der Waals surface area contributed by atoms with Crippen LogP contribution in [0.2, 0.25) is 0 Å². The van der Waals surface area contributed by atoms with Gasteiger partial charge in [-0.25, -0.2) is 4.79 Å². The van der Waals surface area contributed by atoms with Crippen LogP contribution in [0.3, 0.4) is 0 Å². The largest absolute Gasteiger partial charge is 1.00 e. The molecule has 1 aliphatic rings. The first-order valence-corrected chi connectivity index (χ1v) is 3.58. The van der Waals surface area contributed by atoms with Crippen molar-refractivity contribution in [1.29, 1.82) is 0 Å². The third-order valence-electron chi connectivity index (χ3n) is 2.22. The first-order valence-electron chi connectivity index (χ1n) is 3.58. The van der Waals surface area contributed by atoms with Crippen LogP contribution in [0.15, 0.2) is 0 Å². The van der Waals surface area contributed by atoms with E-state index in [1.165, 1.54) is 0 Å². The van der Waals surface area contributed by atoms with Crippen molar-refractivity contribution in [3.05, 3.63) is 0 Å². The zero-order chi connectivity index (χ0) is 7.61. The Kier molecular flexibility index (Phi) is 4.00. The topological polar surface area (TPSA) is 26.3 Å². The van der Waals surface area contributed by atoms with Gasteiger partial charge < -0.3 is 17.1 Å². The number of ether oxygens (including phenoxy) is 1. The zero-order valence-electron chi connectivity index (χ0n) is 6.97. The fourth-order valence-corrected chi connectivity index (χ4v) is 1.06. The molecule has 1 aliphatic heterocycles. The number of hydrogen-bond donors (Lipinski definition) is 0. The maximum absolute atomic E-state index is 11.0. The van der Waals surface area contributed by atoms with Crippen molar-refractivity contribution in [3.8, 4) is 0 Å². The summed E-state index contributed by atoms with van der Waals surface area (Å²) in [6.45, 7) is 4.74. The van der Waals surface area contributed by atoms with Crippen molar-refractivity contribution in [2.24, 2.45) is 0 Å². The van der Waals surface area contributed by atoms with Gasteiger partial charge in [-0.15, -0.1) is 0 Å². The van der Waals surface area contributed by atoms with Gasteiger partial charge in [0.25, 0.3) is 0 Å². The van der Waals surface area contributed by atoms with Gasteiger partial charge in [-0.2, -0.15) is 0 Å². The van der Waals surface area contributed by atoms with Crippen LogP contribution in [0.1, 0.15) is 6.92 Å². The van der Waals surface area contributed by atoms with Crippen LogP contribution < -0.4 is 12.4 Å². The van der Waals surface area contributed by atoms with E-state index in [1.54, 1.807) is 6.92 Å². The summed E-state index contributed by atoms with van der Waals surface area (Å²) in [6, 6.07) is 0. The smallest absolute Gasteiger partial charge is 0.310 e. The second-order valence-corrected chi connectivity index (χ2v) is 2.97. The molecule has 1 amide bonds. The van der Waals surface area contributed by atoms with E-state index in [2.05, 4.69) is 0 Å². The molecule has 0 saturated carbocycles. The molecule has 66 valence electrons. The van der Waals surface area contributed by atoms with E-state index in [-0.39, 0.29) is 18.3 Å². The van der Waals surface area contributed by atoms with E-state index in [0.717, 1.165) is 26.3 Å². The summed E-state index contributed by atoms with van der Waals surface area (Å²) < 4.78 is 5.69. The molecule has 0 N–H and O–H groups in total. The minimum absolute atomic E-state index is 0. The average Bonchev–Trinajstić information content (AvgIpc) is 1.89. The number of hydrogen-bond acceptors (Lipinski definition) is 2. The van der Waals surface area contributed by atoms with Crippen molar-refractivity contribution in [3.63, 3.8) is 0 Å². The minimum Gasteiger partial charge on any atom is -1.00 e. The van der Waals surface area contributed by atoms with Gasteiger partial charge in [0.05, 0.1) is 27.2 Å². The van der Waals surface area contributed by atoms with Gasteiger partial charge in [0, 0.05) is 0 Å². The van der Waals surface area contributed by atoms with Crippen molar-refractivity contribution in [1.82, 2.24) is 0 Å². The molecule has 0 bridgehead atoms. The lowest BCUT2D eigenvalue weighted by Gasteiger charge is -2.33. The van der Waals surface area contributed by atoms with E-state index < -0.39 is 0 Å². The number of amides is 1. The van der Waals surface area contributed by atoms with Gasteiger partial charge in [-0.05, 0) is 0 Å². The molecule has 0 aliphatic carbocycles. The number of nitrogens with zero attached hydrogens (tertiary/aromatic N) is 1. The van der Waals surface area contributed by atoms with Crippen LogP contribution in [0.25, 0.3) is 0 Å². The standard InChI is InChI=1S/C7H14NO2.ClH/c1-7(9)8(2)3-5-10-6-4-8;/h3-6H2,1-2H3;1H/q+1;/p-1. The summed E-state index contributed by atoms with van der Waals surface area (Å²) in [6.07, 6.45) is 0.